The van der Waals surface area contributed by atoms with Gasteiger partial charge in [-0.05, 0) is 37.5 Å². The molecule has 4 heteroatoms. The molecule has 0 bridgehead atoms. The lowest BCUT2D eigenvalue weighted by atomic mass is 10.0. The summed E-state index contributed by atoms with van der Waals surface area (Å²) < 4.78 is 15.1. The molecule has 100 valence electrons. The molecule has 2 aromatic rings. The van der Waals surface area contributed by atoms with Gasteiger partial charge in [-0.15, -0.1) is 0 Å². The van der Waals surface area contributed by atoms with E-state index >= 15 is 0 Å². The number of anilines is 1. The zero-order chi connectivity index (χ0) is 13.4. The maximum Gasteiger partial charge on any atom is 0.128 e. The highest BCUT2D eigenvalue weighted by Gasteiger charge is 2.25. The SMILES string of the molecule is CCc1nn2c(c1C)NCCC2c1ccc(F)cc1. The molecule has 3 nitrogen and oxygen atoms in total. The Balaban J connectivity index is 2.05. The number of hydrogen-bond acceptors (Lipinski definition) is 2. The first kappa shape index (κ1) is 12.2. The van der Waals surface area contributed by atoms with Gasteiger partial charge in [0.1, 0.15) is 11.6 Å². The van der Waals surface area contributed by atoms with E-state index in [1.807, 2.05) is 12.1 Å². The van der Waals surface area contributed by atoms with Gasteiger partial charge in [-0.3, -0.25) is 0 Å². The number of nitrogens with one attached hydrogen (secondary N) is 1. The van der Waals surface area contributed by atoms with Crippen LogP contribution in [-0.2, 0) is 6.42 Å². The van der Waals surface area contributed by atoms with Crippen LogP contribution in [0, 0.1) is 12.7 Å². The second-order valence-electron chi connectivity index (χ2n) is 5.00. The fourth-order valence-electron chi connectivity index (χ4n) is 2.78. The third-order valence-corrected chi connectivity index (χ3v) is 3.84. The smallest absolute Gasteiger partial charge is 0.128 e. The van der Waals surface area contributed by atoms with Gasteiger partial charge in [0.2, 0.25) is 0 Å². The van der Waals surface area contributed by atoms with Crippen LogP contribution in [0.1, 0.15) is 36.2 Å². The van der Waals surface area contributed by atoms with Gasteiger partial charge in [0.05, 0.1) is 11.7 Å². The summed E-state index contributed by atoms with van der Waals surface area (Å²) in [5.74, 6) is 0.918. The van der Waals surface area contributed by atoms with E-state index < -0.39 is 0 Å². The van der Waals surface area contributed by atoms with Crippen molar-refractivity contribution in [3.63, 3.8) is 0 Å². The number of fused-ring (bicyclic) bond motifs is 1. The standard InChI is InChI=1S/C15H18FN3/c1-3-13-10(2)15-17-9-8-14(19(15)18-13)11-4-6-12(16)7-5-11/h4-7,14,17H,3,8-9H2,1-2H3. The molecule has 0 fully saturated rings. The maximum atomic E-state index is 13.0. The van der Waals surface area contributed by atoms with E-state index in [-0.39, 0.29) is 11.9 Å². The van der Waals surface area contributed by atoms with Crippen LogP contribution in [0.2, 0.25) is 0 Å². The maximum absolute atomic E-state index is 13.0. The normalized spacial score (nSPS) is 17.9. The molecule has 1 unspecified atom stereocenters. The Labute approximate surface area is 112 Å². The monoisotopic (exact) mass is 259 g/mol. The third kappa shape index (κ3) is 2.01. The van der Waals surface area contributed by atoms with Crippen molar-refractivity contribution in [2.45, 2.75) is 32.7 Å². The lowest BCUT2D eigenvalue weighted by molar-refractivity contribution is 0.477. The largest absolute Gasteiger partial charge is 0.370 e. The molecular formula is C15H18FN3. The summed E-state index contributed by atoms with van der Waals surface area (Å²) in [5.41, 5.74) is 3.49. The topological polar surface area (TPSA) is 29.9 Å². The summed E-state index contributed by atoms with van der Waals surface area (Å²) >= 11 is 0. The average Bonchev–Trinajstić information content (AvgIpc) is 2.77. The molecule has 1 atom stereocenters. The molecule has 19 heavy (non-hydrogen) atoms. The molecule has 0 spiro atoms. The van der Waals surface area contributed by atoms with Gasteiger partial charge in [0.15, 0.2) is 0 Å². The molecule has 2 heterocycles. The Kier molecular flexibility index (Phi) is 3.01. The summed E-state index contributed by atoms with van der Waals surface area (Å²) in [7, 11) is 0. The van der Waals surface area contributed by atoms with Gasteiger partial charge in [-0.1, -0.05) is 19.1 Å². The zero-order valence-corrected chi connectivity index (χ0v) is 11.3. The number of hydrogen-bond donors (Lipinski definition) is 1. The number of rotatable bonds is 2. The van der Waals surface area contributed by atoms with E-state index in [1.54, 1.807) is 0 Å². The molecular weight excluding hydrogens is 241 g/mol. The first-order valence-corrected chi connectivity index (χ1v) is 6.78. The van der Waals surface area contributed by atoms with Crippen LogP contribution in [-0.4, -0.2) is 16.3 Å². The van der Waals surface area contributed by atoms with Crippen LogP contribution in [0.15, 0.2) is 24.3 Å². The Morgan fingerprint density at radius 2 is 2.11 bits per heavy atom. The van der Waals surface area contributed by atoms with Crippen molar-refractivity contribution in [2.24, 2.45) is 0 Å². The van der Waals surface area contributed by atoms with Crippen molar-refractivity contribution >= 4 is 5.82 Å². The number of aryl methyl sites for hydroxylation is 1. The summed E-state index contributed by atoms with van der Waals surface area (Å²) in [6, 6.07) is 6.97. The predicted molar refractivity (Wildman–Crippen MR) is 74.0 cm³/mol. The molecule has 1 aliphatic rings. The molecule has 0 amide bonds. The van der Waals surface area contributed by atoms with E-state index in [9.17, 15) is 4.39 Å². The quantitative estimate of drug-likeness (QED) is 0.896. The van der Waals surface area contributed by atoms with Crippen LogP contribution >= 0.6 is 0 Å². The summed E-state index contributed by atoms with van der Waals surface area (Å²) in [6.45, 7) is 5.16. The first-order chi connectivity index (χ1) is 9.20. The van der Waals surface area contributed by atoms with Gasteiger partial charge >= 0.3 is 0 Å². The highest BCUT2D eigenvalue weighted by atomic mass is 19.1. The van der Waals surface area contributed by atoms with Crippen LogP contribution in [0.4, 0.5) is 10.2 Å². The molecule has 0 aliphatic carbocycles. The molecule has 1 aliphatic heterocycles. The Morgan fingerprint density at radius 1 is 1.37 bits per heavy atom. The highest BCUT2D eigenvalue weighted by Crippen LogP contribution is 2.32. The number of aromatic nitrogens is 2. The molecule has 0 saturated carbocycles. The number of nitrogens with zero attached hydrogens (tertiary/aromatic N) is 2. The van der Waals surface area contributed by atoms with E-state index in [1.165, 1.54) is 17.7 Å². The fourth-order valence-corrected chi connectivity index (χ4v) is 2.78. The second-order valence-corrected chi connectivity index (χ2v) is 5.00. The van der Waals surface area contributed by atoms with Crippen molar-refractivity contribution in [3.8, 4) is 0 Å². The molecule has 1 aromatic heterocycles. The van der Waals surface area contributed by atoms with Crippen molar-refractivity contribution in [1.82, 2.24) is 9.78 Å². The predicted octanol–water partition coefficient (Wildman–Crippen LogP) is 3.30. The fraction of sp³-hybridized carbons (Fsp3) is 0.400. The lowest BCUT2D eigenvalue weighted by Crippen LogP contribution is -2.24. The number of benzene rings is 1. The van der Waals surface area contributed by atoms with Crippen LogP contribution in [0.5, 0.6) is 0 Å². The number of halogens is 1. The minimum absolute atomic E-state index is 0.191. The van der Waals surface area contributed by atoms with Gasteiger partial charge in [-0.25, -0.2) is 9.07 Å². The summed E-state index contributed by atoms with van der Waals surface area (Å²) in [6.07, 6.45) is 1.91. The molecule has 3 rings (SSSR count). The molecule has 0 saturated heterocycles. The van der Waals surface area contributed by atoms with E-state index in [2.05, 4.69) is 23.8 Å². The van der Waals surface area contributed by atoms with Crippen LogP contribution in [0.3, 0.4) is 0 Å². The Hall–Kier alpha value is -1.84. The minimum atomic E-state index is -0.191. The van der Waals surface area contributed by atoms with E-state index in [0.717, 1.165) is 36.5 Å². The molecule has 1 N–H and O–H groups in total. The summed E-state index contributed by atoms with van der Waals surface area (Å²) in [5, 5.41) is 8.13. The molecule has 1 aromatic carbocycles. The van der Waals surface area contributed by atoms with Crippen molar-refractivity contribution in [2.75, 3.05) is 11.9 Å². The lowest BCUT2D eigenvalue weighted by Gasteiger charge is -2.26. The Morgan fingerprint density at radius 3 is 2.79 bits per heavy atom. The Bertz CT molecular complexity index is 586. The van der Waals surface area contributed by atoms with Crippen molar-refractivity contribution in [1.29, 1.82) is 0 Å². The van der Waals surface area contributed by atoms with Gasteiger partial charge in [-0.2, -0.15) is 5.10 Å². The van der Waals surface area contributed by atoms with Gasteiger partial charge in [0.25, 0.3) is 0 Å². The minimum Gasteiger partial charge on any atom is -0.370 e. The highest BCUT2D eigenvalue weighted by molar-refractivity contribution is 5.49. The van der Waals surface area contributed by atoms with Crippen molar-refractivity contribution < 1.29 is 4.39 Å². The first-order valence-electron chi connectivity index (χ1n) is 6.78. The third-order valence-electron chi connectivity index (χ3n) is 3.84. The molecule has 0 radical (unpaired) electrons. The average molecular weight is 259 g/mol. The summed E-state index contributed by atoms with van der Waals surface area (Å²) in [4.78, 5) is 0. The van der Waals surface area contributed by atoms with Crippen LogP contribution in [0.25, 0.3) is 0 Å². The van der Waals surface area contributed by atoms with Crippen molar-refractivity contribution in [3.05, 3.63) is 46.9 Å². The van der Waals surface area contributed by atoms with E-state index in [4.69, 9.17) is 5.10 Å². The van der Waals surface area contributed by atoms with Gasteiger partial charge < -0.3 is 5.32 Å². The van der Waals surface area contributed by atoms with Gasteiger partial charge in [0, 0.05) is 12.1 Å². The van der Waals surface area contributed by atoms with E-state index in [0.29, 0.717) is 0 Å². The van der Waals surface area contributed by atoms with Crippen LogP contribution < -0.4 is 5.32 Å². The zero-order valence-electron chi connectivity index (χ0n) is 11.3. The second kappa shape index (κ2) is 4.68.